The normalized spacial score (nSPS) is 11.9. The Morgan fingerprint density at radius 2 is 2.00 bits per heavy atom. The molecule has 2 nitrogen and oxygen atoms in total. The van der Waals surface area contributed by atoms with Crippen molar-refractivity contribution in [1.29, 1.82) is 5.26 Å². The van der Waals surface area contributed by atoms with Crippen LogP contribution in [-0.4, -0.2) is 11.7 Å². The molecule has 102 valence electrons. The molecule has 0 spiro atoms. The molecule has 3 heteroatoms. The van der Waals surface area contributed by atoms with E-state index in [1.165, 1.54) is 11.1 Å². The van der Waals surface area contributed by atoms with Gasteiger partial charge in [-0.05, 0) is 41.7 Å². The second-order valence-corrected chi connectivity index (χ2v) is 5.68. The van der Waals surface area contributed by atoms with Crippen LogP contribution >= 0.6 is 15.9 Å². The van der Waals surface area contributed by atoms with Gasteiger partial charge in [0.25, 0.3) is 0 Å². The van der Waals surface area contributed by atoms with E-state index in [0.717, 1.165) is 15.6 Å². The van der Waals surface area contributed by atoms with Crippen LogP contribution in [0.5, 0.6) is 0 Å². The Kier molecular flexibility index (Phi) is 4.94. The average Bonchev–Trinajstić information content (AvgIpc) is 2.48. The number of nitrogens with zero attached hydrogens (tertiary/aromatic N) is 1. The molecule has 1 atom stereocenters. The third-order valence-electron chi connectivity index (χ3n) is 3.39. The number of halogens is 1. The van der Waals surface area contributed by atoms with Gasteiger partial charge in [0, 0.05) is 4.47 Å². The number of hydrogen-bond acceptors (Lipinski definition) is 2. The maximum atomic E-state index is 9.13. The number of benzene rings is 2. The van der Waals surface area contributed by atoms with Gasteiger partial charge in [0.15, 0.2) is 0 Å². The van der Waals surface area contributed by atoms with Crippen molar-refractivity contribution >= 4 is 15.9 Å². The minimum absolute atomic E-state index is 0.101. The van der Waals surface area contributed by atoms with Crippen LogP contribution in [0.4, 0.5) is 0 Å². The number of hydrogen-bond donors (Lipinski definition) is 1. The van der Waals surface area contributed by atoms with Crippen molar-refractivity contribution in [3.63, 3.8) is 0 Å². The van der Waals surface area contributed by atoms with Gasteiger partial charge < -0.3 is 5.11 Å². The predicted molar refractivity (Wildman–Crippen MR) is 84.2 cm³/mol. The summed E-state index contributed by atoms with van der Waals surface area (Å²) in [5.41, 5.74) is 4.58. The molecule has 0 bridgehead atoms. The lowest BCUT2D eigenvalue weighted by Gasteiger charge is -2.11. The first kappa shape index (κ1) is 14.8. The Morgan fingerprint density at radius 3 is 2.70 bits per heavy atom. The molecular formula is C17H16BrNO. The maximum Gasteiger partial charge on any atom is 0.0734 e. The van der Waals surface area contributed by atoms with Gasteiger partial charge in [0.05, 0.1) is 18.6 Å². The molecule has 1 unspecified atom stereocenters. The van der Waals surface area contributed by atoms with E-state index >= 15 is 0 Å². The van der Waals surface area contributed by atoms with Crippen LogP contribution in [0, 0.1) is 24.2 Å². The summed E-state index contributed by atoms with van der Waals surface area (Å²) in [5, 5.41) is 18.1. The summed E-state index contributed by atoms with van der Waals surface area (Å²) in [7, 11) is 0. The van der Waals surface area contributed by atoms with Crippen molar-refractivity contribution in [1.82, 2.24) is 0 Å². The highest BCUT2D eigenvalue weighted by Gasteiger charge is 2.09. The fourth-order valence-electron chi connectivity index (χ4n) is 2.22. The van der Waals surface area contributed by atoms with Crippen molar-refractivity contribution in [2.45, 2.75) is 13.3 Å². The van der Waals surface area contributed by atoms with Gasteiger partial charge in [-0.15, -0.1) is 0 Å². The SMILES string of the molecule is Cc1c(Br)cccc1-c1cccc(CC(C#N)CO)c1. The van der Waals surface area contributed by atoms with Crippen LogP contribution in [0.2, 0.25) is 0 Å². The van der Waals surface area contributed by atoms with Crippen LogP contribution in [0.25, 0.3) is 11.1 Å². The summed E-state index contributed by atoms with van der Waals surface area (Å²) in [4.78, 5) is 0. The molecule has 2 aromatic carbocycles. The van der Waals surface area contributed by atoms with Gasteiger partial charge in [0.2, 0.25) is 0 Å². The van der Waals surface area contributed by atoms with Crippen molar-refractivity contribution in [3.8, 4) is 17.2 Å². The number of aliphatic hydroxyl groups excluding tert-OH is 1. The van der Waals surface area contributed by atoms with Crippen LogP contribution < -0.4 is 0 Å². The van der Waals surface area contributed by atoms with Crippen LogP contribution in [0.1, 0.15) is 11.1 Å². The number of rotatable bonds is 4. The zero-order chi connectivity index (χ0) is 14.5. The van der Waals surface area contributed by atoms with Crippen molar-refractivity contribution in [3.05, 3.63) is 58.1 Å². The topological polar surface area (TPSA) is 44.0 Å². The Labute approximate surface area is 127 Å². The predicted octanol–water partition coefficient (Wildman–Crippen LogP) is 4.10. The molecule has 0 saturated heterocycles. The van der Waals surface area contributed by atoms with Gasteiger partial charge in [0.1, 0.15) is 0 Å². The van der Waals surface area contributed by atoms with Crippen molar-refractivity contribution in [2.75, 3.05) is 6.61 Å². The average molecular weight is 330 g/mol. The van der Waals surface area contributed by atoms with E-state index in [0.29, 0.717) is 6.42 Å². The third kappa shape index (κ3) is 3.27. The molecule has 20 heavy (non-hydrogen) atoms. The van der Waals surface area contributed by atoms with Crippen LogP contribution in [0.3, 0.4) is 0 Å². The highest BCUT2D eigenvalue weighted by Crippen LogP contribution is 2.29. The van der Waals surface area contributed by atoms with E-state index in [2.05, 4.69) is 47.1 Å². The quantitative estimate of drug-likeness (QED) is 0.917. The van der Waals surface area contributed by atoms with Gasteiger partial charge in [-0.1, -0.05) is 52.3 Å². The zero-order valence-corrected chi connectivity index (χ0v) is 12.9. The second-order valence-electron chi connectivity index (χ2n) is 4.83. The lowest BCUT2D eigenvalue weighted by molar-refractivity contribution is 0.255. The van der Waals surface area contributed by atoms with Gasteiger partial charge in [-0.3, -0.25) is 0 Å². The molecular weight excluding hydrogens is 314 g/mol. The highest BCUT2D eigenvalue weighted by atomic mass is 79.9. The van der Waals surface area contributed by atoms with Gasteiger partial charge >= 0.3 is 0 Å². The lowest BCUT2D eigenvalue weighted by Crippen LogP contribution is -2.06. The minimum atomic E-state index is -0.339. The molecule has 2 aromatic rings. The minimum Gasteiger partial charge on any atom is -0.395 e. The number of aliphatic hydroxyl groups is 1. The Bertz CT molecular complexity index is 646. The van der Waals surface area contributed by atoms with Crippen LogP contribution in [0.15, 0.2) is 46.9 Å². The highest BCUT2D eigenvalue weighted by molar-refractivity contribution is 9.10. The third-order valence-corrected chi connectivity index (χ3v) is 4.25. The monoisotopic (exact) mass is 329 g/mol. The maximum absolute atomic E-state index is 9.13. The molecule has 0 heterocycles. The molecule has 1 N–H and O–H groups in total. The van der Waals surface area contributed by atoms with Crippen molar-refractivity contribution < 1.29 is 5.11 Å². The van der Waals surface area contributed by atoms with E-state index in [9.17, 15) is 0 Å². The summed E-state index contributed by atoms with van der Waals surface area (Å²) >= 11 is 3.55. The summed E-state index contributed by atoms with van der Waals surface area (Å²) in [6.07, 6.45) is 0.577. The summed E-state index contributed by atoms with van der Waals surface area (Å²) in [6.45, 7) is 1.98. The van der Waals surface area contributed by atoms with Crippen LogP contribution in [-0.2, 0) is 6.42 Å². The van der Waals surface area contributed by atoms with E-state index in [1.807, 2.05) is 24.3 Å². The summed E-state index contributed by atoms with van der Waals surface area (Å²) < 4.78 is 1.09. The first-order chi connectivity index (χ1) is 9.65. The fraction of sp³-hybridized carbons (Fsp3) is 0.235. The summed E-state index contributed by atoms with van der Waals surface area (Å²) in [6, 6.07) is 16.4. The molecule has 0 amide bonds. The first-order valence-corrected chi connectivity index (χ1v) is 7.30. The molecule has 0 aliphatic heterocycles. The number of nitriles is 1. The second kappa shape index (κ2) is 6.69. The van der Waals surface area contributed by atoms with E-state index < -0.39 is 0 Å². The molecule has 0 radical (unpaired) electrons. The first-order valence-electron chi connectivity index (χ1n) is 6.50. The van der Waals surface area contributed by atoms with E-state index in [-0.39, 0.29) is 12.5 Å². The zero-order valence-electron chi connectivity index (χ0n) is 11.3. The summed E-state index contributed by atoms with van der Waals surface area (Å²) in [5.74, 6) is -0.339. The van der Waals surface area contributed by atoms with Gasteiger partial charge in [-0.25, -0.2) is 0 Å². The molecule has 2 rings (SSSR count). The largest absolute Gasteiger partial charge is 0.395 e. The smallest absolute Gasteiger partial charge is 0.0734 e. The van der Waals surface area contributed by atoms with E-state index in [4.69, 9.17) is 10.4 Å². The van der Waals surface area contributed by atoms with Crippen molar-refractivity contribution in [2.24, 2.45) is 5.92 Å². The molecule has 0 aromatic heterocycles. The molecule has 0 fully saturated rings. The standard InChI is InChI=1S/C17H16BrNO/c1-12-16(6-3-7-17(12)18)15-5-2-4-13(9-15)8-14(10-19)11-20/h2-7,9,14,20H,8,11H2,1H3. The molecule has 0 aliphatic carbocycles. The Morgan fingerprint density at radius 1 is 1.25 bits per heavy atom. The Balaban J connectivity index is 2.35. The fourth-order valence-corrected chi connectivity index (χ4v) is 2.59. The van der Waals surface area contributed by atoms with E-state index in [1.54, 1.807) is 0 Å². The molecule has 0 saturated carbocycles. The lowest BCUT2D eigenvalue weighted by atomic mass is 9.95. The molecule has 0 aliphatic rings. The van der Waals surface area contributed by atoms with Gasteiger partial charge in [-0.2, -0.15) is 5.26 Å². The Hall–Kier alpha value is -1.63.